The molecule has 0 aliphatic rings. The lowest BCUT2D eigenvalue weighted by Gasteiger charge is -1.93. The van der Waals surface area contributed by atoms with Crippen LogP contribution in [0.4, 0.5) is 0 Å². The van der Waals surface area contributed by atoms with Crippen LogP contribution in [0.15, 0.2) is 29.7 Å². The number of hydrogen-bond acceptors (Lipinski definition) is 4. The number of pyridine rings is 1. The third-order valence-electron chi connectivity index (χ3n) is 1.20. The number of rotatable bonds is 2. The van der Waals surface area contributed by atoms with Gasteiger partial charge in [-0.1, -0.05) is 16.8 Å². The molecule has 1 heterocycles. The van der Waals surface area contributed by atoms with Crippen molar-refractivity contribution >= 4 is 22.6 Å². The van der Waals surface area contributed by atoms with E-state index in [1.807, 2.05) is 0 Å². The zero-order valence-corrected chi connectivity index (χ0v) is 6.69. The molecule has 1 aromatic rings. The summed E-state index contributed by atoms with van der Waals surface area (Å²) >= 11 is 5.27. The first-order valence-corrected chi connectivity index (χ1v) is 3.46. The summed E-state index contributed by atoms with van der Waals surface area (Å²) in [7, 11) is 0. The van der Waals surface area contributed by atoms with Crippen molar-refractivity contribution in [1.29, 1.82) is 0 Å². The number of hydrogen-bond donors (Lipinski definition) is 1. The Morgan fingerprint density at radius 1 is 1.67 bits per heavy atom. The van der Waals surface area contributed by atoms with Crippen molar-refractivity contribution in [3.63, 3.8) is 0 Å². The summed E-state index contributed by atoms with van der Waals surface area (Å²) in [6.45, 7) is 0. The summed E-state index contributed by atoms with van der Waals surface area (Å²) in [4.78, 5) is 14.8. The molecule has 0 radical (unpaired) electrons. The second kappa shape index (κ2) is 3.82. The molecular weight excluding hydrogens is 180 g/mol. The minimum absolute atomic E-state index is 0.292. The van der Waals surface area contributed by atoms with Gasteiger partial charge < -0.3 is 5.21 Å². The summed E-state index contributed by atoms with van der Waals surface area (Å²) in [6.07, 6.45) is 2.87. The van der Waals surface area contributed by atoms with Crippen LogP contribution in [-0.4, -0.2) is 21.1 Å². The molecular formula is C7H5ClN2O2. The summed E-state index contributed by atoms with van der Waals surface area (Å²) in [5.41, 5.74) is 0.292. The molecule has 0 unspecified atom stereocenters. The van der Waals surface area contributed by atoms with Crippen LogP contribution < -0.4 is 0 Å². The summed E-state index contributed by atoms with van der Waals surface area (Å²) in [6, 6.07) is 3.12. The molecule has 0 atom stereocenters. The molecule has 1 aromatic heterocycles. The first kappa shape index (κ1) is 8.67. The van der Waals surface area contributed by atoms with E-state index in [4.69, 9.17) is 16.8 Å². The third-order valence-corrected chi connectivity index (χ3v) is 1.45. The number of halogens is 1. The van der Waals surface area contributed by atoms with Gasteiger partial charge in [0.25, 0.3) is 0 Å². The lowest BCUT2D eigenvalue weighted by molar-refractivity contribution is 0.106. The average Bonchev–Trinajstić information content (AvgIpc) is 2.17. The maximum atomic E-state index is 11.1. The van der Waals surface area contributed by atoms with Crippen LogP contribution in [0.3, 0.4) is 0 Å². The number of carbonyl (C=O) groups excluding carboxylic acids is 1. The Morgan fingerprint density at radius 2 is 2.42 bits per heavy atom. The second-order valence-electron chi connectivity index (χ2n) is 1.96. The number of nitrogens with zero attached hydrogens (tertiary/aromatic N) is 2. The molecule has 0 fully saturated rings. The number of Topliss-reactive ketones (excluding diaryl/α,β-unsaturated/α-hetero) is 1. The fourth-order valence-electron chi connectivity index (χ4n) is 0.662. The zero-order chi connectivity index (χ0) is 8.97. The Kier molecular flexibility index (Phi) is 2.76. The van der Waals surface area contributed by atoms with E-state index in [1.54, 1.807) is 6.07 Å². The van der Waals surface area contributed by atoms with Crippen LogP contribution in [0.25, 0.3) is 0 Å². The Hall–Kier alpha value is -1.42. The SMILES string of the molecule is O=C(C(Cl)=NO)c1cccnc1. The molecule has 5 heteroatoms. The van der Waals surface area contributed by atoms with Gasteiger partial charge in [0.1, 0.15) is 0 Å². The first-order valence-electron chi connectivity index (χ1n) is 3.08. The van der Waals surface area contributed by atoms with Crippen molar-refractivity contribution in [3.8, 4) is 0 Å². The van der Waals surface area contributed by atoms with Gasteiger partial charge in [-0.25, -0.2) is 0 Å². The topological polar surface area (TPSA) is 62.5 Å². The molecule has 62 valence electrons. The highest BCUT2D eigenvalue weighted by Gasteiger charge is 2.11. The Bertz CT molecular complexity index is 310. The lowest BCUT2D eigenvalue weighted by atomic mass is 10.2. The molecule has 0 aromatic carbocycles. The van der Waals surface area contributed by atoms with Gasteiger partial charge in [0, 0.05) is 18.0 Å². The molecule has 12 heavy (non-hydrogen) atoms. The maximum absolute atomic E-state index is 11.1. The minimum atomic E-state index is -0.549. The monoisotopic (exact) mass is 184 g/mol. The van der Waals surface area contributed by atoms with Crippen LogP contribution in [-0.2, 0) is 0 Å². The molecule has 0 aliphatic heterocycles. The van der Waals surface area contributed by atoms with Crippen LogP contribution >= 0.6 is 11.6 Å². The molecule has 0 saturated carbocycles. The van der Waals surface area contributed by atoms with Gasteiger partial charge in [0.2, 0.25) is 11.0 Å². The number of ketones is 1. The van der Waals surface area contributed by atoms with E-state index < -0.39 is 11.0 Å². The summed E-state index contributed by atoms with van der Waals surface area (Å²) < 4.78 is 0. The predicted molar refractivity (Wildman–Crippen MR) is 43.6 cm³/mol. The molecule has 4 nitrogen and oxygen atoms in total. The molecule has 0 aliphatic carbocycles. The highest BCUT2D eigenvalue weighted by molar-refractivity contribution is 6.84. The zero-order valence-electron chi connectivity index (χ0n) is 5.94. The quantitative estimate of drug-likeness (QED) is 0.326. The van der Waals surface area contributed by atoms with E-state index >= 15 is 0 Å². The summed E-state index contributed by atoms with van der Waals surface area (Å²) in [5.74, 6) is -0.549. The first-order chi connectivity index (χ1) is 5.75. The third kappa shape index (κ3) is 1.79. The van der Waals surface area contributed by atoms with Crippen LogP contribution in [0.5, 0.6) is 0 Å². The number of aromatic nitrogens is 1. The van der Waals surface area contributed by atoms with E-state index in [2.05, 4.69) is 10.1 Å². The largest absolute Gasteiger partial charge is 0.410 e. The van der Waals surface area contributed by atoms with Crippen molar-refractivity contribution in [1.82, 2.24) is 4.98 Å². The van der Waals surface area contributed by atoms with Crippen LogP contribution in [0, 0.1) is 0 Å². The molecule has 0 bridgehead atoms. The van der Waals surface area contributed by atoms with Gasteiger partial charge in [-0.3, -0.25) is 9.78 Å². The van der Waals surface area contributed by atoms with Gasteiger partial charge in [0.05, 0.1) is 0 Å². The highest BCUT2D eigenvalue weighted by atomic mass is 35.5. The fourth-order valence-corrected chi connectivity index (χ4v) is 0.771. The smallest absolute Gasteiger partial charge is 0.227 e. The van der Waals surface area contributed by atoms with Crippen molar-refractivity contribution in [3.05, 3.63) is 30.1 Å². The van der Waals surface area contributed by atoms with Crippen molar-refractivity contribution < 1.29 is 10.0 Å². The molecule has 0 amide bonds. The van der Waals surface area contributed by atoms with E-state index in [0.29, 0.717) is 5.56 Å². The Labute approximate surface area is 73.5 Å². The van der Waals surface area contributed by atoms with E-state index in [9.17, 15) is 4.79 Å². The van der Waals surface area contributed by atoms with Gasteiger partial charge in [-0.05, 0) is 12.1 Å². The Balaban J connectivity index is 2.94. The lowest BCUT2D eigenvalue weighted by Crippen LogP contribution is -2.07. The normalized spacial score (nSPS) is 11.2. The van der Waals surface area contributed by atoms with E-state index in [0.717, 1.165) is 0 Å². The Morgan fingerprint density at radius 3 is 2.92 bits per heavy atom. The van der Waals surface area contributed by atoms with Gasteiger partial charge in [-0.15, -0.1) is 0 Å². The van der Waals surface area contributed by atoms with Crippen molar-refractivity contribution in [2.24, 2.45) is 5.16 Å². The van der Waals surface area contributed by atoms with Crippen LogP contribution in [0.2, 0.25) is 0 Å². The van der Waals surface area contributed by atoms with E-state index in [1.165, 1.54) is 18.5 Å². The molecule has 1 rings (SSSR count). The maximum Gasteiger partial charge on any atom is 0.227 e. The van der Waals surface area contributed by atoms with Gasteiger partial charge >= 0.3 is 0 Å². The van der Waals surface area contributed by atoms with Gasteiger partial charge in [-0.2, -0.15) is 0 Å². The molecule has 0 saturated heterocycles. The van der Waals surface area contributed by atoms with Crippen molar-refractivity contribution in [2.45, 2.75) is 0 Å². The molecule has 0 spiro atoms. The average molecular weight is 185 g/mol. The minimum Gasteiger partial charge on any atom is -0.410 e. The van der Waals surface area contributed by atoms with Crippen LogP contribution in [0.1, 0.15) is 10.4 Å². The summed E-state index contributed by atoms with van der Waals surface area (Å²) in [5, 5.41) is 10.3. The second-order valence-corrected chi connectivity index (χ2v) is 2.32. The molecule has 1 N–H and O–H groups in total. The van der Waals surface area contributed by atoms with E-state index in [-0.39, 0.29) is 0 Å². The van der Waals surface area contributed by atoms with Crippen molar-refractivity contribution in [2.75, 3.05) is 0 Å². The predicted octanol–water partition coefficient (Wildman–Crippen LogP) is 1.29. The van der Waals surface area contributed by atoms with Gasteiger partial charge in [0.15, 0.2) is 0 Å². The number of carbonyl (C=O) groups is 1. The fraction of sp³-hybridized carbons (Fsp3) is 0. The standard InChI is InChI=1S/C7H5ClN2O2/c8-7(10-12)6(11)5-2-1-3-9-4-5/h1-4,12H. The number of oxime groups is 1. The highest BCUT2D eigenvalue weighted by Crippen LogP contribution is 2.01.